The molecule has 0 saturated heterocycles. The van der Waals surface area contributed by atoms with Gasteiger partial charge in [0.2, 0.25) is 0 Å². The molecular weight excluding hydrogens is 342 g/mol. The minimum Gasteiger partial charge on any atom is -0.482 e. The summed E-state index contributed by atoms with van der Waals surface area (Å²) >= 11 is 0. The SMILES string of the molecule is Cc1ccc(C)c(NC(=O)[C@@H](C)OC(=O)COc2ccc3c(c2)CCC3)c1. The van der Waals surface area contributed by atoms with E-state index in [2.05, 4.69) is 5.32 Å². The Kier molecular flexibility index (Phi) is 5.79. The van der Waals surface area contributed by atoms with Gasteiger partial charge < -0.3 is 14.8 Å². The van der Waals surface area contributed by atoms with Gasteiger partial charge in [-0.1, -0.05) is 18.2 Å². The van der Waals surface area contributed by atoms with Crippen LogP contribution in [0.3, 0.4) is 0 Å². The number of carbonyl (C=O) groups is 2. The highest BCUT2D eigenvalue weighted by atomic mass is 16.6. The first kappa shape index (κ1) is 19.0. The first-order valence-corrected chi connectivity index (χ1v) is 9.24. The first-order valence-electron chi connectivity index (χ1n) is 9.24. The molecule has 1 amide bonds. The van der Waals surface area contributed by atoms with Gasteiger partial charge in [-0.2, -0.15) is 0 Å². The lowest BCUT2D eigenvalue weighted by Gasteiger charge is -2.15. The highest BCUT2D eigenvalue weighted by Crippen LogP contribution is 2.26. The Bertz CT molecular complexity index is 859. The molecule has 0 aliphatic heterocycles. The fraction of sp³-hybridized carbons (Fsp3) is 0.364. The van der Waals surface area contributed by atoms with E-state index in [0.717, 1.165) is 36.1 Å². The van der Waals surface area contributed by atoms with Gasteiger partial charge in [-0.15, -0.1) is 0 Å². The fourth-order valence-electron chi connectivity index (χ4n) is 3.17. The van der Waals surface area contributed by atoms with Crippen LogP contribution in [0.2, 0.25) is 0 Å². The monoisotopic (exact) mass is 367 g/mol. The zero-order chi connectivity index (χ0) is 19.4. The maximum absolute atomic E-state index is 12.3. The Morgan fingerprint density at radius 1 is 1.07 bits per heavy atom. The molecule has 0 heterocycles. The van der Waals surface area contributed by atoms with E-state index in [1.807, 2.05) is 50.2 Å². The molecule has 1 atom stereocenters. The van der Waals surface area contributed by atoms with Crippen LogP contribution in [-0.4, -0.2) is 24.6 Å². The third-order valence-electron chi connectivity index (χ3n) is 4.76. The number of fused-ring (bicyclic) bond motifs is 1. The largest absolute Gasteiger partial charge is 0.482 e. The van der Waals surface area contributed by atoms with Gasteiger partial charge in [-0.3, -0.25) is 4.79 Å². The molecule has 142 valence electrons. The lowest BCUT2D eigenvalue weighted by atomic mass is 10.1. The van der Waals surface area contributed by atoms with E-state index >= 15 is 0 Å². The summed E-state index contributed by atoms with van der Waals surface area (Å²) < 4.78 is 10.7. The van der Waals surface area contributed by atoms with Crippen LogP contribution in [0.5, 0.6) is 5.75 Å². The number of carbonyl (C=O) groups excluding carboxylic acids is 2. The van der Waals surface area contributed by atoms with Crippen LogP contribution in [0.15, 0.2) is 36.4 Å². The van der Waals surface area contributed by atoms with Crippen LogP contribution in [0.1, 0.15) is 35.6 Å². The number of amides is 1. The van der Waals surface area contributed by atoms with E-state index in [-0.39, 0.29) is 12.5 Å². The molecule has 1 N–H and O–H groups in total. The molecule has 2 aromatic rings. The second-order valence-corrected chi connectivity index (χ2v) is 7.01. The lowest BCUT2D eigenvalue weighted by Crippen LogP contribution is -2.31. The van der Waals surface area contributed by atoms with Gasteiger partial charge in [0, 0.05) is 5.69 Å². The van der Waals surface area contributed by atoms with E-state index < -0.39 is 12.1 Å². The van der Waals surface area contributed by atoms with Crippen LogP contribution < -0.4 is 10.1 Å². The third-order valence-corrected chi connectivity index (χ3v) is 4.76. The van der Waals surface area contributed by atoms with E-state index in [9.17, 15) is 9.59 Å². The zero-order valence-corrected chi connectivity index (χ0v) is 16.0. The van der Waals surface area contributed by atoms with Crippen molar-refractivity contribution in [3.05, 3.63) is 58.7 Å². The molecule has 0 aromatic heterocycles. The van der Waals surface area contributed by atoms with Crippen molar-refractivity contribution in [2.45, 2.75) is 46.1 Å². The summed E-state index contributed by atoms with van der Waals surface area (Å²) in [5, 5.41) is 2.80. The van der Waals surface area contributed by atoms with Gasteiger partial charge in [-0.05, 0) is 80.5 Å². The highest BCUT2D eigenvalue weighted by Gasteiger charge is 2.19. The van der Waals surface area contributed by atoms with E-state index in [1.165, 1.54) is 11.1 Å². The van der Waals surface area contributed by atoms with E-state index in [4.69, 9.17) is 9.47 Å². The van der Waals surface area contributed by atoms with Crippen molar-refractivity contribution in [1.82, 2.24) is 0 Å². The predicted octanol–water partition coefficient (Wildman–Crippen LogP) is 3.74. The standard InChI is InChI=1S/C22H25NO4/c1-14-7-8-15(2)20(11-14)23-22(25)16(3)27-21(24)13-26-19-10-9-17-5-4-6-18(17)12-19/h7-12,16H,4-6,13H2,1-3H3,(H,23,25)/t16-/m1/s1. The molecule has 1 aliphatic carbocycles. The minimum absolute atomic E-state index is 0.222. The van der Waals surface area contributed by atoms with Crippen LogP contribution in [0.25, 0.3) is 0 Å². The van der Waals surface area contributed by atoms with Gasteiger partial charge in [0.15, 0.2) is 12.7 Å². The van der Waals surface area contributed by atoms with E-state index in [0.29, 0.717) is 5.75 Å². The van der Waals surface area contributed by atoms with E-state index in [1.54, 1.807) is 6.92 Å². The molecule has 5 nitrogen and oxygen atoms in total. The van der Waals surface area contributed by atoms with Crippen molar-refractivity contribution in [3.8, 4) is 5.75 Å². The van der Waals surface area contributed by atoms with Crippen LogP contribution in [0.4, 0.5) is 5.69 Å². The molecule has 5 heteroatoms. The molecule has 2 aromatic carbocycles. The summed E-state index contributed by atoms with van der Waals surface area (Å²) in [5.41, 5.74) is 5.34. The van der Waals surface area contributed by atoms with Crippen molar-refractivity contribution >= 4 is 17.6 Å². The predicted molar refractivity (Wildman–Crippen MR) is 104 cm³/mol. The lowest BCUT2D eigenvalue weighted by molar-refractivity contribution is -0.155. The molecule has 1 aliphatic rings. The number of nitrogens with one attached hydrogen (secondary N) is 1. The molecule has 0 bridgehead atoms. The Balaban J connectivity index is 1.49. The zero-order valence-electron chi connectivity index (χ0n) is 16.0. The summed E-state index contributed by atoms with van der Waals surface area (Å²) in [7, 11) is 0. The number of aryl methyl sites for hydroxylation is 4. The van der Waals surface area contributed by atoms with Crippen LogP contribution in [-0.2, 0) is 27.2 Å². The molecule has 27 heavy (non-hydrogen) atoms. The second kappa shape index (κ2) is 8.25. The maximum atomic E-state index is 12.3. The molecule has 0 radical (unpaired) electrons. The Morgan fingerprint density at radius 2 is 1.85 bits per heavy atom. The molecular formula is C22H25NO4. The summed E-state index contributed by atoms with van der Waals surface area (Å²) in [6.45, 7) is 5.19. The van der Waals surface area contributed by atoms with Crippen molar-refractivity contribution in [2.75, 3.05) is 11.9 Å². The van der Waals surface area contributed by atoms with Gasteiger partial charge in [0.1, 0.15) is 5.75 Å². The number of esters is 1. The number of hydrogen-bond donors (Lipinski definition) is 1. The fourth-order valence-corrected chi connectivity index (χ4v) is 3.17. The first-order chi connectivity index (χ1) is 12.9. The van der Waals surface area contributed by atoms with Crippen molar-refractivity contribution in [2.24, 2.45) is 0 Å². The second-order valence-electron chi connectivity index (χ2n) is 7.01. The third kappa shape index (κ3) is 4.88. The highest BCUT2D eigenvalue weighted by molar-refractivity contribution is 5.95. The van der Waals surface area contributed by atoms with Crippen LogP contribution >= 0.6 is 0 Å². The average molecular weight is 367 g/mol. The smallest absolute Gasteiger partial charge is 0.344 e. The topological polar surface area (TPSA) is 64.6 Å². The summed E-state index contributed by atoms with van der Waals surface area (Å²) in [4.78, 5) is 24.3. The molecule has 0 unspecified atom stereocenters. The summed E-state index contributed by atoms with van der Waals surface area (Å²) in [5.74, 6) is -0.284. The quantitative estimate of drug-likeness (QED) is 0.790. The van der Waals surface area contributed by atoms with Crippen molar-refractivity contribution in [3.63, 3.8) is 0 Å². The Labute approximate surface area is 159 Å². The van der Waals surface area contributed by atoms with Gasteiger partial charge in [0.05, 0.1) is 0 Å². The van der Waals surface area contributed by atoms with Gasteiger partial charge >= 0.3 is 5.97 Å². The maximum Gasteiger partial charge on any atom is 0.344 e. The average Bonchev–Trinajstić information content (AvgIpc) is 3.10. The number of hydrogen-bond acceptors (Lipinski definition) is 4. The number of anilines is 1. The summed E-state index contributed by atoms with van der Waals surface area (Å²) in [6, 6.07) is 11.7. The molecule has 0 saturated carbocycles. The van der Waals surface area contributed by atoms with Gasteiger partial charge in [0.25, 0.3) is 5.91 Å². The van der Waals surface area contributed by atoms with Crippen LogP contribution in [0, 0.1) is 13.8 Å². The Morgan fingerprint density at radius 3 is 2.67 bits per heavy atom. The summed E-state index contributed by atoms with van der Waals surface area (Å²) in [6.07, 6.45) is 2.41. The number of ether oxygens (including phenoxy) is 2. The number of rotatable bonds is 6. The Hall–Kier alpha value is -2.82. The molecule has 0 fully saturated rings. The normalized spacial score (nSPS) is 13.6. The molecule has 3 rings (SSSR count). The van der Waals surface area contributed by atoms with Gasteiger partial charge in [-0.25, -0.2) is 4.79 Å². The van der Waals surface area contributed by atoms with Crippen molar-refractivity contribution < 1.29 is 19.1 Å². The number of benzene rings is 2. The van der Waals surface area contributed by atoms with Crippen molar-refractivity contribution in [1.29, 1.82) is 0 Å². The minimum atomic E-state index is -0.902. The molecule has 0 spiro atoms.